The minimum absolute atomic E-state index is 0.312. The number of aliphatic carboxylic acids is 1. The van der Waals surface area contributed by atoms with Crippen molar-refractivity contribution in [2.24, 2.45) is 0 Å². The van der Waals surface area contributed by atoms with Gasteiger partial charge < -0.3 is 9.84 Å². The first-order valence-electron chi connectivity index (χ1n) is 6.85. The monoisotopic (exact) mass is 302 g/mol. The molecule has 1 N–H and O–H groups in total. The van der Waals surface area contributed by atoms with Gasteiger partial charge in [0, 0.05) is 5.69 Å². The maximum absolute atomic E-state index is 11.9. The molecule has 1 unspecified atom stereocenters. The van der Waals surface area contributed by atoms with Crippen LogP contribution in [0.5, 0.6) is 0 Å². The highest BCUT2D eigenvalue weighted by Gasteiger charge is 2.25. The summed E-state index contributed by atoms with van der Waals surface area (Å²) in [6, 6.07) is 9.07. The zero-order valence-electron chi connectivity index (χ0n) is 12.7. The molecule has 0 saturated heterocycles. The summed E-state index contributed by atoms with van der Waals surface area (Å²) in [5, 5.41) is 13.4. The first kappa shape index (κ1) is 15.8. The molecule has 0 radical (unpaired) electrons. The van der Waals surface area contributed by atoms with Crippen molar-refractivity contribution in [3.05, 3.63) is 47.3 Å². The van der Waals surface area contributed by atoms with Gasteiger partial charge in [-0.2, -0.15) is 5.10 Å². The third-order valence-electron chi connectivity index (χ3n) is 3.39. The van der Waals surface area contributed by atoms with E-state index in [-0.39, 0.29) is 6.42 Å². The summed E-state index contributed by atoms with van der Waals surface area (Å²) >= 11 is 0. The van der Waals surface area contributed by atoms with Gasteiger partial charge in [0.1, 0.15) is 0 Å². The third kappa shape index (κ3) is 3.33. The number of ether oxygens (including phenoxy) is 1. The fourth-order valence-corrected chi connectivity index (χ4v) is 2.42. The highest BCUT2D eigenvalue weighted by molar-refractivity contribution is 5.83. The average molecular weight is 302 g/mol. The van der Waals surface area contributed by atoms with Crippen molar-refractivity contribution < 1.29 is 19.4 Å². The number of carboxylic acid groups (broad SMARTS) is 1. The fourth-order valence-electron chi connectivity index (χ4n) is 2.42. The number of benzene rings is 1. The van der Waals surface area contributed by atoms with Crippen LogP contribution in [0.4, 0.5) is 0 Å². The number of nitrogens with zero attached hydrogens (tertiary/aromatic N) is 2. The van der Waals surface area contributed by atoms with E-state index >= 15 is 0 Å². The van der Waals surface area contributed by atoms with Gasteiger partial charge in [0.15, 0.2) is 0 Å². The molecular weight excluding hydrogens is 284 g/mol. The van der Waals surface area contributed by atoms with Crippen molar-refractivity contribution in [3.63, 3.8) is 0 Å². The second-order valence-corrected chi connectivity index (χ2v) is 5.11. The number of hydrogen-bond acceptors (Lipinski definition) is 4. The van der Waals surface area contributed by atoms with Crippen LogP contribution in [-0.2, 0) is 14.3 Å². The molecule has 1 heterocycles. The van der Waals surface area contributed by atoms with E-state index in [2.05, 4.69) is 5.10 Å². The largest absolute Gasteiger partial charge is 0.481 e. The number of carboxylic acids is 1. The summed E-state index contributed by atoms with van der Waals surface area (Å²) in [6.07, 6.45) is -0.312. The van der Waals surface area contributed by atoms with Crippen LogP contribution in [0.2, 0.25) is 0 Å². The Hall–Kier alpha value is -2.63. The standard InChI is InChI=1S/C16H18N2O4/c1-10-7-11(2)18(17-10)13-6-4-5-12(8-13)14(9-15(19)20)16(21)22-3/h4-8,14H,9H2,1-3H3,(H,19,20). The van der Waals surface area contributed by atoms with Gasteiger partial charge in [0.05, 0.1) is 30.8 Å². The summed E-state index contributed by atoms with van der Waals surface area (Å²) in [7, 11) is 1.25. The first-order chi connectivity index (χ1) is 10.4. The number of hydrogen-bond donors (Lipinski definition) is 1. The number of rotatable bonds is 5. The van der Waals surface area contributed by atoms with Crippen molar-refractivity contribution in [3.8, 4) is 5.69 Å². The molecule has 0 fully saturated rings. The van der Waals surface area contributed by atoms with E-state index < -0.39 is 17.9 Å². The molecule has 0 spiro atoms. The Morgan fingerprint density at radius 3 is 2.59 bits per heavy atom. The summed E-state index contributed by atoms with van der Waals surface area (Å²) in [4.78, 5) is 22.8. The summed E-state index contributed by atoms with van der Waals surface area (Å²) in [6.45, 7) is 3.83. The Morgan fingerprint density at radius 1 is 1.32 bits per heavy atom. The van der Waals surface area contributed by atoms with Gasteiger partial charge in [0.25, 0.3) is 0 Å². The lowest BCUT2D eigenvalue weighted by molar-refractivity contribution is -0.147. The van der Waals surface area contributed by atoms with Crippen LogP contribution in [-0.4, -0.2) is 33.9 Å². The number of aryl methyl sites for hydroxylation is 2. The number of carbonyl (C=O) groups is 2. The molecule has 0 aliphatic heterocycles. The average Bonchev–Trinajstić information content (AvgIpc) is 2.82. The van der Waals surface area contributed by atoms with Crippen LogP contribution in [0, 0.1) is 13.8 Å². The Bertz CT molecular complexity index is 706. The van der Waals surface area contributed by atoms with E-state index in [9.17, 15) is 9.59 Å². The fraction of sp³-hybridized carbons (Fsp3) is 0.312. The molecule has 0 saturated carbocycles. The number of carbonyl (C=O) groups excluding carboxylic acids is 1. The molecule has 6 heteroatoms. The van der Waals surface area contributed by atoms with E-state index in [1.165, 1.54) is 7.11 Å². The Labute approximate surface area is 128 Å². The molecular formula is C16H18N2O4. The van der Waals surface area contributed by atoms with Crippen molar-refractivity contribution >= 4 is 11.9 Å². The molecule has 0 amide bonds. The Balaban J connectivity index is 2.43. The first-order valence-corrected chi connectivity index (χ1v) is 6.85. The lowest BCUT2D eigenvalue weighted by Crippen LogP contribution is -2.18. The predicted octanol–water partition coefficient (Wildman–Crippen LogP) is 2.22. The summed E-state index contributed by atoms with van der Waals surface area (Å²) in [5.41, 5.74) is 3.22. The molecule has 6 nitrogen and oxygen atoms in total. The molecule has 0 aliphatic carbocycles. The van der Waals surface area contributed by atoms with Gasteiger partial charge in [-0.05, 0) is 37.6 Å². The molecule has 22 heavy (non-hydrogen) atoms. The van der Waals surface area contributed by atoms with Crippen LogP contribution >= 0.6 is 0 Å². The molecule has 2 rings (SSSR count). The lowest BCUT2D eigenvalue weighted by atomic mass is 9.95. The number of aromatic nitrogens is 2. The van der Waals surface area contributed by atoms with Gasteiger partial charge in [-0.1, -0.05) is 12.1 Å². The van der Waals surface area contributed by atoms with Gasteiger partial charge in [-0.3, -0.25) is 9.59 Å². The van der Waals surface area contributed by atoms with Crippen molar-refractivity contribution in [2.45, 2.75) is 26.2 Å². The minimum atomic E-state index is -1.05. The third-order valence-corrected chi connectivity index (χ3v) is 3.39. The van der Waals surface area contributed by atoms with E-state index in [0.29, 0.717) is 5.56 Å². The molecule has 0 bridgehead atoms. The smallest absolute Gasteiger partial charge is 0.313 e. The highest BCUT2D eigenvalue weighted by atomic mass is 16.5. The molecule has 0 aliphatic rings. The second kappa shape index (κ2) is 6.43. The molecule has 1 atom stereocenters. The highest BCUT2D eigenvalue weighted by Crippen LogP contribution is 2.24. The maximum Gasteiger partial charge on any atom is 0.313 e. The van der Waals surface area contributed by atoms with Gasteiger partial charge in [-0.15, -0.1) is 0 Å². The van der Waals surface area contributed by atoms with Crippen molar-refractivity contribution in [1.82, 2.24) is 9.78 Å². The van der Waals surface area contributed by atoms with Gasteiger partial charge >= 0.3 is 11.9 Å². The normalized spacial score (nSPS) is 12.0. The number of esters is 1. The van der Waals surface area contributed by atoms with E-state index in [0.717, 1.165) is 17.1 Å². The van der Waals surface area contributed by atoms with Gasteiger partial charge in [-0.25, -0.2) is 4.68 Å². The lowest BCUT2D eigenvalue weighted by Gasteiger charge is -2.14. The van der Waals surface area contributed by atoms with Crippen molar-refractivity contribution in [2.75, 3.05) is 7.11 Å². The van der Waals surface area contributed by atoms with Gasteiger partial charge in [0.2, 0.25) is 0 Å². The molecule has 116 valence electrons. The number of methoxy groups -OCH3 is 1. The quantitative estimate of drug-likeness (QED) is 0.856. The molecule has 1 aromatic carbocycles. The van der Waals surface area contributed by atoms with Crippen molar-refractivity contribution in [1.29, 1.82) is 0 Å². The maximum atomic E-state index is 11.9. The topological polar surface area (TPSA) is 81.4 Å². The van der Waals surface area contributed by atoms with Crippen LogP contribution < -0.4 is 0 Å². The zero-order chi connectivity index (χ0) is 16.3. The Kier molecular flexibility index (Phi) is 4.60. The zero-order valence-corrected chi connectivity index (χ0v) is 12.7. The summed E-state index contributed by atoms with van der Waals surface area (Å²) < 4.78 is 6.47. The molecule has 2 aromatic rings. The predicted molar refractivity (Wildman–Crippen MR) is 80.0 cm³/mol. The van der Waals surface area contributed by atoms with E-state index in [1.807, 2.05) is 26.0 Å². The van der Waals surface area contributed by atoms with Crippen LogP contribution in [0.3, 0.4) is 0 Å². The van der Waals surface area contributed by atoms with Crippen LogP contribution in [0.25, 0.3) is 5.69 Å². The minimum Gasteiger partial charge on any atom is -0.481 e. The van der Waals surface area contributed by atoms with E-state index in [4.69, 9.17) is 9.84 Å². The SMILES string of the molecule is COC(=O)C(CC(=O)O)c1cccc(-n2nc(C)cc2C)c1. The second-order valence-electron chi connectivity index (χ2n) is 5.11. The van der Waals surface area contributed by atoms with Crippen LogP contribution in [0.15, 0.2) is 30.3 Å². The van der Waals surface area contributed by atoms with E-state index in [1.54, 1.807) is 22.9 Å². The summed E-state index contributed by atoms with van der Waals surface area (Å²) in [5.74, 6) is -2.45. The van der Waals surface area contributed by atoms with Crippen LogP contribution in [0.1, 0.15) is 29.3 Å². The molecule has 1 aromatic heterocycles. The Morgan fingerprint density at radius 2 is 2.05 bits per heavy atom.